The summed E-state index contributed by atoms with van der Waals surface area (Å²) in [7, 11) is 2.85. The van der Waals surface area contributed by atoms with Crippen molar-refractivity contribution in [2.24, 2.45) is 0 Å². The molecule has 1 atom stereocenters. The minimum absolute atomic E-state index is 0.0160. The average Bonchev–Trinajstić information content (AvgIpc) is 2.76. The van der Waals surface area contributed by atoms with E-state index >= 15 is 0 Å². The molecule has 1 aromatic carbocycles. The Balaban J connectivity index is 2.06. The quantitative estimate of drug-likeness (QED) is 0.783. The minimum Gasteiger partial charge on any atom is -0.494 e. The fraction of sp³-hybridized carbons (Fsp3) is 0.529. The van der Waals surface area contributed by atoms with Gasteiger partial charge in [0.1, 0.15) is 5.60 Å². The molecule has 0 spiro atoms. The van der Waals surface area contributed by atoms with Crippen LogP contribution in [0.15, 0.2) is 18.2 Å². The van der Waals surface area contributed by atoms with Crippen molar-refractivity contribution in [3.8, 4) is 5.75 Å². The molecule has 1 heterocycles. The molecule has 8 heteroatoms. The first-order chi connectivity index (χ1) is 11.9. The van der Waals surface area contributed by atoms with Crippen LogP contribution in [0.1, 0.15) is 12.0 Å². The van der Waals surface area contributed by atoms with E-state index < -0.39 is 11.4 Å². The smallest absolute Gasteiger partial charge is 0.227 e. The van der Waals surface area contributed by atoms with Gasteiger partial charge in [-0.1, -0.05) is 6.07 Å². The number of benzene rings is 1. The standard InChI is InChI=1S/C17H23FN2O5/c1-19-15(21)9-17(23)10-20(5-6-25-11-17)16(22)8-12-3-4-14(24-2)13(18)7-12/h3-4,7,23H,5-6,8-11H2,1-2H3,(H,19,21)/t17-/m0/s1. The Morgan fingerprint density at radius 1 is 1.48 bits per heavy atom. The van der Waals surface area contributed by atoms with E-state index in [0.717, 1.165) is 0 Å². The van der Waals surface area contributed by atoms with Crippen molar-refractivity contribution in [3.63, 3.8) is 0 Å². The van der Waals surface area contributed by atoms with Crippen molar-refractivity contribution in [3.05, 3.63) is 29.6 Å². The van der Waals surface area contributed by atoms with Crippen LogP contribution >= 0.6 is 0 Å². The second-order valence-electron chi connectivity index (χ2n) is 6.09. The molecule has 0 unspecified atom stereocenters. The number of aliphatic hydroxyl groups is 1. The van der Waals surface area contributed by atoms with Gasteiger partial charge in [0.2, 0.25) is 11.8 Å². The third-order valence-corrected chi connectivity index (χ3v) is 4.05. The van der Waals surface area contributed by atoms with Gasteiger partial charge >= 0.3 is 0 Å². The summed E-state index contributed by atoms with van der Waals surface area (Å²) in [6.45, 7) is 0.519. The van der Waals surface area contributed by atoms with Crippen molar-refractivity contribution in [2.45, 2.75) is 18.4 Å². The predicted molar refractivity (Wildman–Crippen MR) is 87.7 cm³/mol. The summed E-state index contributed by atoms with van der Waals surface area (Å²) in [6, 6.07) is 4.33. The maximum Gasteiger partial charge on any atom is 0.227 e. The Morgan fingerprint density at radius 3 is 2.88 bits per heavy atom. The van der Waals surface area contributed by atoms with Crippen LogP contribution in [-0.4, -0.2) is 67.9 Å². The number of hydrogen-bond donors (Lipinski definition) is 2. The first kappa shape index (κ1) is 19.1. The van der Waals surface area contributed by atoms with Gasteiger partial charge in [-0.05, 0) is 17.7 Å². The SMILES string of the molecule is CNC(=O)C[C@@]1(O)COCCN(C(=O)Cc2ccc(OC)c(F)c2)C1. The molecule has 0 bridgehead atoms. The zero-order valence-electron chi connectivity index (χ0n) is 14.4. The molecule has 2 rings (SSSR count). The fourth-order valence-corrected chi connectivity index (χ4v) is 2.73. The summed E-state index contributed by atoms with van der Waals surface area (Å²) in [4.78, 5) is 25.6. The first-order valence-corrected chi connectivity index (χ1v) is 7.98. The van der Waals surface area contributed by atoms with E-state index in [4.69, 9.17) is 9.47 Å². The number of methoxy groups -OCH3 is 1. The molecule has 2 amide bonds. The lowest BCUT2D eigenvalue weighted by Crippen LogP contribution is -2.49. The Hall–Kier alpha value is -2.19. The van der Waals surface area contributed by atoms with Crippen molar-refractivity contribution in [2.75, 3.05) is 40.5 Å². The summed E-state index contributed by atoms with van der Waals surface area (Å²) in [6.07, 6.45) is -0.179. The number of hydrogen-bond acceptors (Lipinski definition) is 5. The van der Waals surface area contributed by atoms with E-state index in [2.05, 4.69) is 5.32 Å². The number of rotatable bonds is 5. The monoisotopic (exact) mass is 354 g/mol. The third kappa shape index (κ3) is 5.14. The fourth-order valence-electron chi connectivity index (χ4n) is 2.73. The van der Waals surface area contributed by atoms with Gasteiger partial charge in [0.15, 0.2) is 11.6 Å². The van der Waals surface area contributed by atoms with Gasteiger partial charge in [0.05, 0.1) is 39.7 Å². The van der Waals surface area contributed by atoms with Crippen molar-refractivity contribution in [1.82, 2.24) is 10.2 Å². The lowest BCUT2D eigenvalue weighted by atomic mass is 9.99. The molecule has 1 saturated heterocycles. The van der Waals surface area contributed by atoms with E-state index in [1.807, 2.05) is 0 Å². The van der Waals surface area contributed by atoms with E-state index in [0.29, 0.717) is 12.1 Å². The third-order valence-electron chi connectivity index (χ3n) is 4.05. The number of carbonyl (C=O) groups excluding carboxylic acids is 2. The molecule has 25 heavy (non-hydrogen) atoms. The maximum atomic E-state index is 13.8. The van der Waals surface area contributed by atoms with Crippen LogP contribution in [0.4, 0.5) is 4.39 Å². The average molecular weight is 354 g/mol. The molecule has 138 valence electrons. The number of nitrogens with one attached hydrogen (secondary N) is 1. The second kappa shape index (κ2) is 8.26. The molecule has 7 nitrogen and oxygen atoms in total. The number of β-amino-alcohol motifs (C(OH)–C–C–N with tert-alkyl or cyclic N) is 1. The van der Waals surface area contributed by atoms with Gasteiger partial charge in [-0.2, -0.15) is 0 Å². The predicted octanol–water partition coefficient (Wildman–Crippen LogP) is 0.103. The van der Waals surface area contributed by atoms with Crippen LogP contribution in [0, 0.1) is 5.82 Å². The normalized spacial score (nSPS) is 20.7. The van der Waals surface area contributed by atoms with Gasteiger partial charge in [0.25, 0.3) is 0 Å². The molecule has 1 aliphatic rings. The minimum atomic E-state index is -1.45. The summed E-state index contributed by atoms with van der Waals surface area (Å²) >= 11 is 0. The summed E-state index contributed by atoms with van der Waals surface area (Å²) < 4.78 is 23.9. The Bertz CT molecular complexity index is 639. The first-order valence-electron chi connectivity index (χ1n) is 7.98. The largest absolute Gasteiger partial charge is 0.494 e. The highest BCUT2D eigenvalue weighted by molar-refractivity contribution is 5.80. The molecule has 0 aromatic heterocycles. The number of carbonyl (C=O) groups is 2. The lowest BCUT2D eigenvalue weighted by Gasteiger charge is -2.30. The molecule has 1 aliphatic heterocycles. The molecule has 1 aromatic rings. The molecular formula is C17H23FN2O5. The molecule has 0 saturated carbocycles. The topological polar surface area (TPSA) is 88.1 Å². The van der Waals surface area contributed by atoms with Gasteiger partial charge in [-0.3, -0.25) is 9.59 Å². The molecule has 0 aliphatic carbocycles. The van der Waals surface area contributed by atoms with E-state index in [9.17, 15) is 19.1 Å². The van der Waals surface area contributed by atoms with E-state index in [1.54, 1.807) is 6.07 Å². The highest BCUT2D eigenvalue weighted by Crippen LogP contribution is 2.20. The number of halogens is 1. The van der Waals surface area contributed by atoms with Crippen LogP contribution in [0.5, 0.6) is 5.75 Å². The summed E-state index contributed by atoms with van der Waals surface area (Å²) in [5.74, 6) is -1.04. The van der Waals surface area contributed by atoms with Crippen molar-refractivity contribution < 1.29 is 28.6 Å². The van der Waals surface area contributed by atoms with Gasteiger partial charge in [0, 0.05) is 13.6 Å². The lowest BCUT2D eigenvalue weighted by molar-refractivity contribution is -0.137. The molecule has 2 N–H and O–H groups in total. The van der Waals surface area contributed by atoms with Gasteiger partial charge in [-0.25, -0.2) is 4.39 Å². The zero-order chi connectivity index (χ0) is 18.4. The number of amides is 2. The van der Waals surface area contributed by atoms with E-state index in [-0.39, 0.29) is 50.2 Å². The highest BCUT2D eigenvalue weighted by atomic mass is 19.1. The van der Waals surface area contributed by atoms with Gasteiger partial charge < -0.3 is 24.8 Å². The Labute approximate surface area is 145 Å². The van der Waals surface area contributed by atoms with Crippen LogP contribution in [0.25, 0.3) is 0 Å². The van der Waals surface area contributed by atoms with Crippen LogP contribution in [-0.2, 0) is 20.7 Å². The number of ether oxygens (including phenoxy) is 2. The molecular weight excluding hydrogens is 331 g/mol. The Morgan fingerprint density at radius 2 is 2.24 bits per heavy atom. The summed E-state index contributed by atoms with van der Waals surface area (Å²) in [5.41, 5.74) is -0.944. The Kier molecular flexibility index (Phi) is 6.33. The van der Waals surface area contributed by atoms with Crippen LogP contribution < -0.4 is 10.1 Å². The highest BCUT2D eigenvalue weighted by Gasteiger charge is 2.36. The van der Waals surface area contributed by atoms with E-state index in [1.165, 1.54) is 31.2 Å². The maximum absolute atomic E-state index is 13.8. The number of nitrogens with zero attached hydrogens (tertiary/aromatic N) is 1. The van der Waals surface area contributed by atoms with Crippen molar-refractivity contribution in [1.29, 1.82) is 0 Å². The van der Waals surface area contributed by atoms with Crippen molar-refractivity contribution >= 4 is 11.8 Å². The zero-order valence-corrected chi connectivity index (χ0v) is 14.4. The molecule has 0 radical (unpaired) electrons. The molecule has 1 fully saturated rings. The van der Waals surface area contributed by atoms with Gasteiger partial charge in [-0.15, -0.1) is 0 Å². The summed E-state index contributed by atoms with van der Waals surface area (Å²) in [5, 5.41) is 13.0. The second-order valence-corrected chi connectivity index (χ2v) is 6.09. The van der Waals surface area contributed by atoms with Crippen LogP contribution in [0.2, 0.25) is 0 Å². The van der Waals surface area contributed by atoms with Crippen LogP contribution in [0.3, 0.4) is 0 Å².